The largest absolute Gasteiger partial charge is 0.361 e. The highest BCUT2D eigenvalue weighted by Crippen LogP contribution is 2.18. The molecular formula is C18H17FN4OS. The summed E-state index contributed by atoms with van der Waals surface area (Å²) in [6, 6.07) is 12.5. The van der Waals surface area contributed by atoms with Gasteiger partial charge in [0.15, 0.2) is 5.11 Å². The fourth-order valence-electron chi connectivity index (χ4n) is 2.45. The van der Waals surface area contributed by atoms with Crippen LogP contribution in [-0.4, -0.2) is 16.0 Å². The standard InChI is InChI=1S/C18H17FN4OS/c1-11-6-7-13(9-15(11)19)21-18(25)23-22-17(24)8-12-10-20-16-5-3-2-4-14(12)16/h2-7,9-10,20H,8H2,1H3,(H,22,24)(H2,21,23,25). The Hall–Kier alpha value is -2.93. The fourth-order valence-corrected chi connectivity index (χ4v) is 2.62. The molecule has 3 rings (SSSR count). The van der Waals surface area contributed by atoms with Gasteiger partial charge in [-0.15, -0.1) is 0 Å². The number of anilines is 1. The number of rotatable bonds is 3. The fraction of sp³-hybridized carbons (Fsp3) is 0.111. The van der Waals surface area contributed by atoms with Gasteiger partial charge >= 0.3 is 0 Å². The zero-order valence-electron chi connectivity index (χ0n) is 13.5. The van der Waals surface area contributed by atoms with Gasteiger partial charge < -0.3 is 10.3 Å². The van der Waals surface area contributed by atoms with Gasteiger partial charge in [0.2, 0.25) is 5.91 Å². The molecule has 1 aromatic heterocycles. The zero-order valence-corrected chi connectivity index (χ0v) is 14.3. The van der Waals surface area contributed by atoms with Gasteiger partial charge in [0, 0.05) is 22.8 Å². The molecule has 0 aliphatic rings. The first kappa shape index (κ1) is 16.9. The van der Waals surface area contributed by atoms with E-state index in [1.807, 2.05) is 30.5 Å². The van der Waals surface area contributed by atoms with Crippen LogP contribution in [0.15, 0.2) is 48.7 Å². The predicted molar refractivity (Wildman–Crippen MR) is 101 cm³/mol. The van der Waals surface area contributed by atoms with Gasteiger partial charge in [-0.05, 0) is 48.5 Å². The Morgan fingerprint density at radius 2 is 2.00 bits per heavy atom. The second-order valence-electron chi connectivity index (χ2n) is 5.63. The van der Waals surface area contributed by atoms with E-state index in [9.17, 15) is 9.18 Å². The van der Waals surface area contributed by atoms with Crippen molar-refractivity contribution in [2.45, 2.75) is 13.3 Å². The number of hydrogen-bond acceptors (Lipinski definition) is 2. The molecule has 0 unspecified atom stereocenters. The molecule has 0 fully saturated rings. The lowest BCUT2D eigenvalue weighted by Gasteiger charge is -2.12. The number of halogens is 1. The number of nitrogens with one attached hydrogen (secondary N) is 4. The number of carbonyl (C=O) groups is 1. The Kier molecular flexibility index (Phi) is 4.95. The topological polar surface area (TPSA) is 68.9 Å². The third-order valence-corrected chi connectivity index (χ3v) is 3.98. The highest BCUT2D eigenvalue weighted by Gasteiger charge is 2.09. The van der Waals surface area contributed by atoms with Crippen molar-refractivity contribution >= 4 is 39.8 Å². The Balaban J connectivity index is 1.53. The van der Waals surface area contributed by atoms with Crippen LogP contribution in [-0.2, 0) is 11.2 Å². The van der Waals surface area contributed by atoms with Gasteiger partial charge in [0.1, 0.15) is 5.82 Å². The number of aromatic amines is 1. The van der Waals surface area contributed by atoms with Gasteiger partial charge in [-0.2, -0.15) is 0 Å². The van der Waals surface area contributed by atoms with E-state index in [0.29, 0.717) is 11.3 Å². The number of aromatic nitrogens is 1. The molecule has 0 spiro atoms. The van der Waals surface area contributed by atoms with Crippen molar-refractivity contribution < 1.29 is 9.18 Å². The molecule has 3 aromatic rings. The van der Waals surface area contributed by atoms with Crippen molar-refractivity contribution in [3.8, 4) is 0 Å². The Morgan fingerprint density at radius 1 is 1.20 bits per heavy atom. The number of aryl methyl sites for hydroxylation is 1. The lowest BCUT2D eigenvalue weighted by molar-refractivity contribution is -0.120. The number of carbonyl (C=O) groups excluding carboxylic acids is 1. The number of H-pyrrole nitrogens is 1. The van der Waals surface area contributed by atoms with Crippen molar-refractivity contribution in [1.82, 2.24) is 15.8 Å². The maximum atomic E-state index is 13.5. The second-order valence-corrected chi connectivity index (χ2v) is 6.04. The van der Waals surface area contributed by atoms with Crippen LogP contribution in [0.4, 0.5) is 10.1 Å². The average Bonchev–Trinajstić information content (AvgIpc) is 2.99. The first-order valence-electron chi connectivity index (χ1n) is 7.70. The number of thiocarbonyl (C=S) groups is 1. The summed E-state index contributed by atoms with van der Waals surface area (Å²) >= 11 is 5.09. The van der Waals surface area contributed by atoms with Crippen molar-refractivity contribution in [2.75, 3.05) is 5.32 Å². The normalized spacial score (nSPS) is 10.5. The number of fused-ring (bicyclic) bond motifs is 1. The first-order valence-corrected chi connectivity index (χ1v) is 8.11. The number of hydrogen-bond donors (Lipinski definition) is 4. The van der Waals surface area contributed by atoms with Crippen molar-refractivity contribution in [3.05, 3.63) is 65.6 Å². The minimum absolute atomic E-state index is 0.176. The summed E-state index contributed by atoms with van der Waals surface area (Å²) < 4.78 is 13.5. The average molecular weight is 356 g/mol. The van der Waals surface area contributed by atoms with E-state index >= 15 is 0 Å². The zero-order chi connectivity index (χ0) is 17.8. The van der Waals surface area contributed by atoms with E-state index in [0.717, 1.165) is 16.5 Å². The highest BCUT2D eigenvalue weighted by molar-refractivity contribution is 7.80. The summed E-state index contributed by atoms with van der Waals surface area (Å²) in [6.45, 7) is 1.68. The molecule has 0 saturated carbocycles. The molecule has 0 aliphatic carbocycles. The number of para-hydroxylation sites is 1. The minimum atomic E-state index is -0.323. The Morgan fingerprint density at radius 3 is 2.80 bits per heavy atom. The third-order valence-electron chi connectivity index (χ3n) is 3.77. The van der Waals surface area contributed by atoms with E-state index in [1.54, 1.807) is 19.1 Å². The number of benzene rings is 2. The quantitative estimate of drug-likeness (QED) is 0.430. The SMILES string of the molecule is Cc1ccc(NC(=S)NNC(=O)Cc2c[nH]c3ccccc23)cc1F. The molecule has 4 N–H and O–H groups in total. The molecule has 7 heteroatoms. The lowest BCUT2D eigenvalue weighted by atomic mass is 10.1. The van der Waals surface area contributed by atoms with Crippen LogP contribution < -0.4 is 16.2 Å². The van der Waals surface area contributed by atoms with E-state index in [4.69, 9.17) is 12.2 Å². The minimum Gasteiger partial charge on any atom is -0.361 e. The first-order chi connectivity index (χ1) is 12.0. The molecule has 0 saturated heterocycles. The Bertz CT molecular complexity index is 938. The molecule has 25 heavy (non-hydrogen) atoms. The van der Waals surface area contributed by atoms with Crippen LogP contribution in [0.3, 0.4) is 0 Å². The molecule has 0 aliphatic heterocycles. The van der Waals surface area contributed by atoms with Crippen LogP contribution in [0.25, 0.3) is 10.9 Å². The monoisotopic (exact) mass is 356 g/mol. The summed E-state index contributed by atoms with van der Waals surface area (Å²) in [4.78, 5) is 15.2. The van der Waals surface area contributed by atoms with E-state index in [-0.39, 0.29) is 23.3 Å². The molecule has 0 radical (unpaired) electrons. The number of hydrazine groups is 1. The lowest BCUT2D eigenvalue weighted by Crippen LogP contribution is -2.44. The summed E-state index contributed by atoms with van der Waals surface area (Å²) in [7, 11) is 0. The van der Waals surface area contributed by atoms with Crippen LogP contribution in [0.5, 0.6) is 0 Å². The van der Waals surface area contributed by atoms with E-state index < -0.39 is 0 Å². The van der Waals surface area contributed by atoms with Gasteiger partial charge in [-0.3, -0.25) is 15.6 Å². The molecule has 1 amide bonds. The van der Waals surface area contributed by atoms with Crippen LogP contribution >= 0.6 is 12.2 Å². The molecule has 0 atom stereocenters. The van der Waals surface area contributed by atoms with Crippen molar-refractivity contribution in [1.29, 1.82) is 0 Å². The summed E-state index contributed by atoms with van der Waals surface area (Å²) in [5.74, 6) is -0.555. The molecule has 5 nitrogen and oxygen atoms in total. The van der Waals surface area contributed by atoms with Gasteiger partial charge in [-0.1, -0.05) is 24.3 Å². The van der Waals surface area contributed by atoms with Gasteiger partial charge in [0.25, 0.3) is 0 Å². The second kappa shape index (κ2) is 7.31. The predicted octanol–water partition coefficient (Wildman–Crippen LogP) is 3.18. The Labute approximate surface area is 149 Å². The van der Waals surface area contributed by atoms with E-state index in [2.05, 4.69) is 21.2 Å². The van der Waals surface area contributed by atoms with Gasteiger partial charge in [-0.25, -0.2) is 4.39 Å². The van der Waals surface area contributed by atoms with Crippen LogP contribution in [0, 0.1) is 12.7 Å². The summed E-state index contributed by atoms with van der Waals surface area (Å²) in [6.07, 6.45) is 2.02. The molecule has 1 heterocycles. The third kappa shape index (κ3) is 4.13. The summed E-state index contributed by atoms with van der Waals surface area (Å²) in [5, 5.41) is 4.00. The summed E-state index contributed by atoms with van der Waals surface area (Å²) in [5.41, 5.74) is 8.08. The number of amides is 1. The smallest absolute Gasteiger partial charge is 0.242 e. The van der Waals surface area contributed by atoms with Crippen molar-refractivity contribution in [2.24, 2.45) is 0 Å². The van der Waals surface area contributed by atoms with Crippen molar-refractivity contribution in [3.63, 3.8) is 0 Å². The maximum absolute atomic E-state index is 13.5. The van der Waals surface area contributed by atoms with E-state index in [1.165, 1.54) is 6.07 Å². The molecule has 128 valence electrons. The van der Waals surface area contributed by atoms with Crippen LogP contribution in [0.2, 0.25) is 0 Å². The molecular weight excluding hydrogens is 339 g/mol. The van der Waals surface area contributed by atoms with Gasteiger partial charge in [0.05, 0.1) is 6.42 Å². The van der Waals surface area contributed by atoms with Crippen LogP contribution in [0.1, 0.15) is 11.1 Å². The highest BCUT2D eigenvalue weighted by atomic mass is 32.1. The molecule has 0 bridgehead atoms. The maximum Gasteiger partial charge on any atom is 0.242 e. The molecule has 2 aromatic carbocycles.